The van der Waals surface area contributed by atoms with E-state index in [0.29, 0.717) is 0 Å². The Kier molecular flexibility index (Phi) is 5.04. The second-order valence-corrected chi connectivity index (χ2v) is 1.63. The van der Waals surface area contributed by atoms with E-state index in [2.05, 4.69) is 0 Å². The number of carbonyl (C=O) groups is 2. The van der Waals surface area contributed by atoms with Crippen molar-refractivity contribution in [3.05, 3.63) is 0 Å². The topological polar surface area (TPSA) is 54.4 Å². The largest absolute Gasteiger partial charge is 0.475 e. The molecule has 0 unspecified atom stereocenters. The average Bonchev–Trinajstić information content (AvgIpc) is 1.62. The number of hydrogen-bond acceptors (Lipinski definition) is 2. The zero-order chi connectivity index (χ0) is 7.65. The summed E-state index contributed by atoms with van der Waals surface area (Å²) in [5.74, 6) is -4.14. The van der Waals surface area contributed by atoms with Gasteiger partial charge in [0.15, 0.2) is 0 Å². The molecule has 4 heteroatoms. The predicted octanol–water partition coefficient (Wildman–Crippen LogP) is -0.0847. The van der Waals surface area contributed by atoms with Crippen molar-refractivity contribution in [3.63, 3.8) is 0 Å². The molecular formula is C5H8NaO3. The molecule has 3 nitrogen and oxygen atoms in total. The number of rotatable bonds is 2. The summed E-state index contributed by atoms with van der Waals surface area (Å²) in [6, 6.07) is 0. The van der Waals surface area contributed by atoms with Crippen LogP contribution in [0.4, 0.5) is 0 Å². The maximum absolute atomic E-state index is 10.4. The number of carboxylic acids is 1. The number of aliphatic carboxylic acids is 1. The van der Waals surface area contributed by atoms with Gasteiger partial charge in [0.25, 0.3) is 0 Å². The second-order valence-electron chi connectivity index (χ2n) is 1.63. The minimum atomic E-state index is -1.55. The molecular weight excluding hydrogens is 136 g/mol. The summed E-state index contributed by atoms with van der Waals surface area (Å²) >= 11 is 0. The van der Waals surface area contributed by atoms with Crippen LogP contribution < -0.4 is 0 Å². The van der Waals surface area contributed by atoms with Gasteiger partial charge in [0.2, 0.25) is 5.78 Å². The Morgan fingerprint density at radius 1 is 1.56 bits per heavy atom. The average molecular weight is 145 g/mol. The Balaban J connectivity index is 0. The van der Waals surface area contributed by atoms with E-state index < -0.39 is 17.6 Å². The molecule has 1 radical (unpaired) electrons. The van der Waals surface area contributed by atoms with Gasteiger partial charge < -0.3 is 5.11 Å². The van der Waals surface area contributed by atoms with Gasteiger partial charge in [0.1, 0.15) is 0 Å². The fraction of sp³-hybridized carbons (Fsp3) is 0.600. The van der Waals surface area contributed by atoms with E-state index in [0.717, 1.165) is 0 Å². The van der Waals surface area contributed by atoms with E-state index in [4.69, 9.17) is 6.48 Å². The predicted molar refractivity (Wildman–Crippen MR) is 33.2 cm³/mol. The Morgan fingerprint density at radius 2 is 1.89 bits per heavy atom. The van der Waals surface area contributed by atoms with Crippen molar-refractivity contribution in [1.29, 1.82) is 0 Å². The van der Waals surface area contributed by atoms with Crippen LogP contribution in [0.25, 0.3) is 0 Å². The molecule has 47 valence electrons. The minimum absolute atomic E-state index is 0. The third kappa shape index (κ3) is 4.63. The molecule has 0 aromatic rings. The van der Waals surface area contributed by atoms with Crippen LogP contribution in [-0.2, 0) is 9.59 Å². The molecule has 0 saturated heterocycles. The first-order valence-corrected chi connectivity index (χ1v) is 2.13. The molecule has 0 heterocycles. The number of ketones is 1. The van der Waals surface area contributed by atoms with Gasteiger partial charge >= 0.3 is 5.97 Å². The Labute approximate surface area is 77.1 Å². The van der Waals surface area contributed by atoms with Crippen LogP contribution in [0.3, 0.4) is 0 Å². The van der Waals surface area contributed by atoms with Gasteiger partial charge in [0, 0.05) is 36.8 Å². The molecule has 0 rings (SSSR count). The third-order valence-corrected chi connectivity index (χ3v) is 0.648. The fourth-order valence-corrected chi connectivity index (χ4v) is 0.214. The second kappa shape index (κ2) is 4.97. The number of carbonyl (C=O) groups excluding carboxylic acids is 1. The van der Waals surface area contributed by atoms with E-state index in [1.54, 1.807) is 0 Å². The van der Waals surface area contributed by atoms with E-state index in [-0.39, 0.29) is 29.6 Å². The summed E-state index contributed by atoms with van der Waals surface area (Å²) in [6.45, 7) is 2.48. The van der Waals surface area contributed by atoms with E-state index in [9.17, 15) is 9.59 Å². The minimum Gasteiger partial charge on any atom is -0.475 e. The summed E-state index contributed by atoms with van der Waals surface area (Å²) in [4.78, 5) is 20.3. The summed E-state index contributed by atoms with van der Waals surface area (Å²) in [5.41, 5.74) is 0. The molecule has 0 bridgehead atoms. The van der Waals surface area contributed by atoms with Crippen molar-refractivity contribution in [2.75, 3.05) is 0 Å². The van der Waals surface area contributed by atoms with Crippen LogP contribution in [0.15, 0.2) is 0 Å². The summed E-state index contributed by atoms with van der Waals surface area (Å²) in [7, 11) is 0. The maximum Gasteiger partial charge on any atom is 0.372 e. The first-order valence-electron chi connectivity index (χ1n) is 2.63. The molecule has 0 fully saturated rings. The van der Waals surface area contributed by atoms with Crippen molar-refractivity contribution < 1.29 is 16.1 Å². The van der Waals surface area contributed by atoms with E-state index >= 15 is 0 Å². The van der Waals surface area contributed by atoms with Gasteiger partial charge in [-0.2, -0.15) is 0 Å². The van der Waals surface area contributed by atoms with Crippen LogP contribution in [0.5, 0.6) is 0 Å². The number of Topliss-reactive ketones (excluding diaryl/α,β-unsaturated/α-hetero) is 1. The molecule has 0 saturated carbocycles. The number of carboxylic acid groups (broad SMARTS) is 1. The van der Waals surface area contributed by atoms with Crippen molar-refractivity contribution in [3.8, 4) is 0 Å². The molecule has 0 aromatic carbocycles. The summed E-state index contributed by atoms with van der Waals surface area (Å²) in [6.07, 6.45) is 0. The first kappa shape index (κ1) is 9.14. The van der Waals surface area contributed by atoms with Gasteiger partial charge in [-0.15, -0.1) is 0 Å². The zero-order valence-corrected chi connectivity index (χ0v) is 7.76. The molecule has 9 heavy (non-hydrogen) atoms. The van der Waals surface area contributed by atoms with Gasteiger partial charge in [-0.05, 0) is 0 Å². The Hall–Kier alpha value is 0.140. The van der Waals surface area contributed by atoms with Crippen molar-refractivity contribution >= 4 is 41.3 Å². The molecule has 0 aliphatic carbocycles. The van der Waals surface area contributed by atoms with Gasteiger partial charge in [0.05, 0.1) is 0 Å². The van der Waals surface area contributed by atoms with Crippen molar-refractivity contribution in [2.45, 2.75) is 13.8 Å². The normalized spacial score (nSPS) is 11.1. The third-order valence-electron chi connectivity index (χ3n) is 0.648. The summed E-state index contributed by atoms with van der Waals surface area (Å²) in [5, 5.41) is 8.05. The monoisotopic (exact) mass is 145 g/mol. The smallest absolute Gasteiger partial charge is 0.372 e. The molecule has 0 aliphatic heterocycles. The number of hydrogen-bond donors (Lipinski definition) is 1. The van der Waals surface area contributed by atoms with Crippen molar-refractivity contribution in [2.24, 2.45) is 5.89 Å². The van der Waals surface area contributed by atoms with E-state index in [1.165, 1.54) is 13.8 Å². The fourth-order valence-electron chi connectivity index (χ4n) is 0.214. The Bertz CT molecular complexity index is 149. The molecule has 0 spiro atoms. The zero-order valence-electron chi connectivity index (χ0n) is 6.76. The van der Waals surface area contributed by atoms with Gasteiger partial charge in [-0.25, -0.2) is 4.79 Å². The SMILES string of the molecule is [2H][13C]([13CH3])([13CH3])[13C](=O)[13C](=O)O.[Na]. The standard InChI is InChI=1S/C5H8O3.Na/c1-3(2)4(6)5(7)8;/h3H,1-2H3,(H,7,8);/i1+1,2+1,3+1D,4+1,5+1;. The maximum atomic E-state index is 10.4. The van der Waals surface area contributed by atoms with E-state index in [1.807, 2.05) is 0 Å². The van der Waals surface area contributed by atoms with Crippen LogP contribution in [0.2, 0.25) is 0 Å². The van der Waals surface area contributed by atoms with Crippen molar-refractivity contribution in [1.82, 2.24) is 0 Å². The molecule has 0 atom stereocenters. The van der Waals surface area contributed by atoms with Crippen LogP contribution >= 0.6 is 0 Å². The van der Waals surface area contributed by atoms with Gasteiger partial charge in [-0.3, -0.25) is 4.79 Å². The summed E-state index contributed by atoms with van der Waals surface area (Å²) < 4.78 is 6.94. The first-order chi connectivity index (χ1) is 3.85. The molecule has 0 aliphatic rings. The van der Waals surface area contributed by atoms with Crippen LogP contribution in [-0.4, -0.2) is 46.4 Å². The molecule has 1 N–H and O–H groups in total. The molecule has 0 amide bonds. The van der Waals surface area contributed by atoms with Crippen LogP contribution in [0, 0.1) is 5.89 Å². The van der Waals surface area contributed by atoms with Crippen LogP contribution in [0.1, 0.15) is 15.2 Å². The quantitative estimate of drug-likeness (QED) is 0.335. The van der Waals surface area contributed by atoms with Gasteiger partial charge in [-0.1, -0.05) is 13.8 Å². The molecule has 0 aromatic heterocycles. The Morgan fingerprint density at radius 3 is 1.89 bits per heavy atom.